The van der Waals surface area contributed by atoms with E-state index in [2.05, 4.69) is 27.7 Å². The van der Waals surface area contributed by atoms with E-state index in [4.69, 9.17) is 5.11 Å². The number of aliphatic hydroxyl groups excluding tert-OH is 2. The molecule has 3 N–H and O–H groups in total. The fourth-order valence-electron chi connectivity index (χ4n) is 9.56. The van der Waals surface area contributed by atoms with Crippen LogP contribution in [0.1, 0.15) is 91.9 Å². The van der Waals surface area contributed by atoms with E-state index in [-0.39, 0.29) is 24.0 Å². The van der Waals surface area contributed by atoms with Gasteiger partial charge in [0.05, 0.1) is 12.2 Å². The molecule has 4 aliphatic rings. The summed E-state index contributed by atoms with van der Waals surface area (Å²) < 4.78 is 0. The van der Waals surface area contributed by atoms with Crippen molar-refractivity contribution < 1.29 is 20.1 Å². The van der Waals surface area contributed by atoms with Crippen LogP contribution in [0.3, 0.4) is 0 Å². The van der Waals surface area contributed by atoms with Gasteiger partial charge in [0, 0.05) is 6.42 Å². The van der Waals surface area contributed by atoms with Crippen LogP contribution in [0.2, 0.25) is 0 Å². The Morgan fingerprint density at radius 2 is 1.84 bits per heavy atom. The summed E-state index contributed by atoms with van der Waals surface area (Å²) >= 11 is 0. The first kappa shape index (κ1) is 23.5. The maximum absolute atomic E-state index is 11.7. The second-order valence-corrected chi connectivity index (χ2v) is 12.2. The molecule has 0 aromatic carbocycles. The predicted molar refractivity (Wildman–Crippen MR) is 122 cm³/mol. The van der Waals surface area contributed by atoms with E-state index in [1.807, 2.05) is 0 Å². The molecule has 31 heavy (non-hydrogen) atoms. The number of hydrogen-bond donors (Lipinski definition) is 3. The number of carboxylic acids is 1. The zero-order chi connectivity index (χ0) is 22.5. The molecule has 0 radical (unpaired) electrons. The molecule has 4 rings (SSSR count). The van der Waals surface area contributed by atoms with Crippen LogP contribution in [0.25, 0.3) is 0 Å². The lowest BCUT2D eigenvalue weighted by atomic mass is 9.42. The minimum absolute atomic E-state index is 0.188. The van der Waals surface area contributed by atoms with Crippen molar-refractivity contribution >= 4 is 5.97 Å². The van der Waals surface area contributed by atoms with Gasteiger partial charge in [0.15, 0.2) is 0 Å². The lowest BCUT2D eigenvalue weighted by Crippen LogP contribution is -2.61. The van der Waals surface area contributed by atoms with Gasteiger partial charge in [-0.05, 0) is 110 Å². The topological polar surface area (TPSA) is 77.8 Å². The Labute approximate surface area is 189 Å². The van der Waals surface area contributed by atoms with E-state index in [9.17, 15) is 15.0 Å². The molecule has 12 atom stereocenters. The first-order chi connectivity index (χ1) is 14.7. The molecule has 0 heterocycles. The van der Waals surface area contributed by atoms with Gasteiger partial charge in [-0.3, -0.25) is 4.79 Å². The molecule has 4 nitrogen and oxygen atoms in total. The minimum atomic E-state index is -0.679. The van der Waals surface area contributed by atoms with Gasteiger partial charge in [0.25, 0.3) is 0 Å². The van der Waals surface area contributed by atoms with Crippen molar-refractivity contribution in [3.05, 3.63) is 0 Å². The molecule has 0 saturated heterocycles. The Morgan fingerprint density at radius 3 is 2.52 bits per heavy atom. The van der Waals surface area contributed by atoms with Crippen molar-refractivity contribution in [1.29, 1.82) is 0 Å². The van der Waals surface area contributed by atoms with Crippen LogP contribution in [-0.2, 0) is 4.79 Å². The Bertz CT molecular complexity index is 649. The number of carboxylic acid groups (broad SMARTS) is 1. The average molecular weight is 435 g/mol. The van der Waals surface area contributed by atoms with E-state index in [1.165, 1.54) is 19.3 Å². The molecular formula is C27H46O4. The number of fused-ring (bicyclic) bond motifs is 5. The Kier molecular flexibility index (Phi) is 6.81. The third-order valence-electron chi connectivity index (χ3n) is 10.9. The number of hydrogen-bond acceptors (Lipinski definition) is 3. The van der Waals surface area contributed by atoms with Crippen molar-refractivity contribution in [1.82, 2.24) is 0 Å². The Hall–Kier alpha value is -0.610. The number of carbonyl (C=O) groups is 1. The second kappa shape index (κ2) is 8.97. The van der Waals surface area contributed by atoms with E-state index in [0.29, 0.717) is 53.3 Å². The Balaban J connectivity index is 1.57. The maximum atomic E-state index is 11.7. The van der Waals surface area contributed by atoms with Gasteiger partial charge in [-0.1, -0.05) is 34.1 Å². The van der Waals surface area contributed by atoms with Gasteiger partial charge in [-0.2, -0.15) is 0 Å². The van der Waals surface area contributed by atoms with Gasteiger partial charge in [0.1, 0.15) is 0 Å². The number of aliphatic hydroxyl groups is 2. The molecule has 0 spiro atoms. The average Bonchev–Trinajstić information content (AvgIpc) is 3.16. The van der Waals surface area contributed by atoms with Crippen molar-refractivity contribution in [2.45, 2.75) is 104 Å². The maximum Gasteiger partial charge on any atom is 0.303 e. The molecule has 0 amide bonds. The van der Waals surface area contributed by atoms with Gasteiger partial charge in [-0.25, -0.2) is 0 Å². The summed E-state index contributed by atoms with van der Waals surface area (Å²) in [6.45, 7) is 9.55. The van der Waals surface area contributed by atoms with E-state index in [0.717, 1.165) is 38.5 Å². The monoisotopic (exact) mass is 434 g/mol. The van der Waals surface area contributed by atoms with Gasteiger partial charge < -0.3 is 15.3 Å². The van der Waals surface area contributed by atoms with Crippen LogP contribution in [0, 0.1) is 58.7 Å². The smallest absolute Gasteiger partial charge is 0.303 e. The van der Waals surface area contributed by atoms with Crippen LogP contribution < -0.4 is 0 Å². The van der Waals surface area contributed by atoms with Gasteiger partial charge in [-0.15, -0.1) is 0 Å². The minimum Gasteiger partial charge on any atom is -0.481 e. The summed E-state index contributed by atoms with van der Waals surface area (Å²) in [5.74, 6) is 4.33. The highest BCUT2D eigenvalue weighted by molar-refractivity contribution is 5.66. The number of rotatable bonds is 6. The van der Waals surface area contributed by atoms with Gasteiger partial charge >= 0.3 is 5.97 Å². The quantitative estimate of drug-likeness (QED) is 0.526. The lowest BCUT2D eigenvalue weighted by Gasteiger charge is -2.64. The largest absolute Gasteiger partial charge is 0.481 e. The van der Waals surface area contributed by atoms with Crippen molar-refractivity contribution in [2.24, 2.45) is 58.7 Å². The Morgan fingerprint density at radius 1 is 1.10 bits per heavy atom. The SMILES string of the molecule is CC[C@H]1[C@@H](O)[C@H]2[C@@H]3CC[C@@H]([C@H](C)CCCC(=O)O)[C@H]3[C@H](C)C[C@@H]2[C@@]2(C)CC[C@@H](O)C[C@@H]12. The predicted octanol–water partition coefficient (Wildman–Crippen LogP) is 5.36. The zero-order valence-electron chi connectivity index (χ0n) is 20.2. The summed E-state index contributed by atoms with van der Waals surface area (Å²) in [5.41, 5.74) is 0.258. The van der Waals surface area contributed by atoms with Crippen molar-refractivity contribution in [3.63, 3.8) is 0 Å². The summed E-state index contributed by atoms with van der Waals surface area (Å²) in [6, 6.07) is 0. The molecule has 0 unspecified atom stereocenters. The molecule has 4 fully saturated rings. The first-order valence-electron chi connectivity index (χ1n) is 13.3. The zero-order valence-corrected chi connectivity index (χ0v) is 20.2. The summed E-state index contributed by atoms with van der Waals surface area (Å²) in [4.78, 5) is 11.0. The van der Waals surface area contributed by atoms with Crippen LogP contribution >= 0.6 is 0 Å². The number of aliphatic carboxylic acids is 1. The highest BCUT2D eigenvalue weighted by Gasteiger charge is 2.63. The van der Waals surface area contributed by atoms with Crippen LogP contribution in [0.5, 0.6) is 0 Å². The molecule has 4 heteroatoms. The van der Waals surface area contributed by atoms with E-state index < -0.39 is 5.97 Å². The van der Waals surface area contributed by atoms with Crippen molar-refractivity contribution in [3.8, 4) is 0 Å². The highest BCUT2D eigenvalue weighted by atomic mass is 16.4. The third-order valence-corrected chi connectivity index (χ3v) is 10.9. The molecule has 0 bridgehead atoms. The normalized spacial score (nSPS) is 50.3. The summed E-state index contributed by atoms with van der Waals surface area (Å²) in [6.07, 6.45) is 9.31. The lowest BCUT2D eigenvalue weighted by molar-refractivity contribution is -0.199. The third kappa shape index (κ3) is 3.98. The van der Waals surface area contributed by atoms with Gasteiger partial charge in [0.2, 0.25) is 0 Å². The van der Waals surface area contributed by atoms with Crippen LogP contribution in [0.15, 0.2) is 0 Å². The summed E-state index contributed by atoms with van der Waals surface area (Å²) in [5, 5.41) is 31.2. The summed E-state index contributed by atoms with van der Waals surface area (Å²) in [7, 11) is 0. The highest BCUT2D eigenvalue weighted by Crippen LogP contribution is 2.67. The molecule has 4 saturated carbocycles. The molecule has 0 aliphatic heterocycles. The van der Waals surface area contributed by atoms with E-state index in [1.54, 1.807) is 0 Å². The molecular weight excluding hydrogens is 388 g/mol. The van der Waals surface area contributed by atoms with Crippen LogP contribution in [-0.4, -0.2) is 33.5 Å². The second-order valence-electron chi connectivity index (χ2n) is 12.2. The molecule has 0 aromatic rings. The molecule has 178 valence electrons. The molecule has 4 aliphatic carbocycles. The fourth-order valence-corrected chi connectivity index (χ4v) is 9.56. The molecule has 0 aromatic heterocycles. The fraction of sp³-hybridized carbons (Fsp3) is 0.963. The van der Waals surface area contributed by atoms with Crippen molar-refractivity contribution in [2.75, 3.05) is 0 Å². The standard InChI is InChI=1S/C27H46O4/c1-5-18-21-14-17(28)11-12-27(21,4)22-13-16(3)24-19(15(2)7-6-8-23(29)30)9-10-20(24)25(22)26(18)31/h15-22,24-26,28,31H,5-14H2,1-4H3,(H,29,30)/t15-,16-,17-,18-,19+,20-,21+,22+,24-,25+,26-,27+/m1/s1. The van der Waals surface area contributed by atoms with E-state index >= 15 is 0 Å². The van der Waals surface area contributed by atoms with Crippen LogP contribution in [0.4, 0.5) is 0 Å². The first-order valence-corrected chi connectivity index (χ1v) is 13.3.